The average molecular weight is 383 g/mol. The van der Waals surface area contributed by atoms with Crippen LogP contribution in [0.25, 0.3) is 11.3 Å². The van der Waals surface area contributed by atoms with Crippen LogP contribution in [0.3, 0.4) is 0 Å². The van der Waals surface area contributed by atoms with E-state index in [2.05, 4.69) is 16.3 Å². The minimum absolute atomic E-state index is 0.160. The standard InChI is InChI=1S/C19H12Cl2N4O/c20-13-8-4-7-11(16(13)21)14-12(9-22)18(23)26-19-15(14)17(24-25-19)10-5-2-1-3-6-10/h1-8,12,14,23H,(H,24,25). The van der Waals surface area contributed by atoms with E-state index in [1.807, 2.05) is 36.4 Å². The van der Waals surface area contributed by atoms with Gasteiger partial charge in [-0.15, -0.1) is 5.10 Å². The Morgan fingerprint density at radius 1 is 1.12 bits per heavy atom. The van der Waals surface area contributed by atoms with Crippen LogP contribution in [0.15, 0.2) is 48.5 Å². The van der Waals surface area contributed by atoms with Crippen LogP contribution in [0.1, 0.15) is 17.0 Å². The number of benzene rings is 2. The van der Waals surface area contributed by atoms with Crippen molar-refractivity contribution in [2.75, 3.05) is 0 Å². The van der Waals surface area contributed by atoms with Gasteiger partial charge < -0.3 is 4.74 Å². The molecule has 128 valence electrons. The first-order valence-electron chi connectivity index (χ1n) is 7.85. The highest BCUT2D eigenvalue weighted by molar-refractivity contribution is 6.42. The summed E-state index contributed by atoms with van der Waals surface area (Å²) in [6, 6.07) is 17.1. The molecular weight excluding hydrogens is 371 g/mol. The van der Waals surface area contributed by atoms with Crippen molar-refractivity contribution in [3.05, 3.63) is 69.7 Å². The molecule has 3 aromatic rings. The van der Waals surface area contributed by atoms with Crippen molar-refractivity contribution in [3.8, 4) is 23.2 Å². The molecule has 5 nitrogen and oxygen atoms in total. The van der Waals surface area contributed by atoms with Gasteiger partial charge >= 0.3 is 0 Å². The molecule has 2 unspecified atom stereocenters. The molecule has 0 bridgehead atoms. The van der Waals surface area contributed by atoms with Gasteiger partial charge in [-0.2, -0.15) is 5.26 Å². The first-order valence-corrected chi connectivity index (χ1v) is 8.61. The van der Waals surface area contributed by atoms with E-state index in [-0.39, 0.29) is 11.8 Å². The van der Waals surface area contributed by atoms with Crippen molar-refractivity contribution in [1.29, 1.82) is 10.7 Å². The van der Waals surface area contributed by atoms with E-state index in [0.717, 1.165) is 11.3 Å². The van der Waals surface area contributed by atoms with Gasteiger partial charge in [-0.1, -0.05) is 65.7 Å². The Kier molecular flexibility index (Phi) is 4.15. The summed E-state index contributed by atoms with van der Waals surface area (Å²) in [4.78, 5) is 0. The molecule has 1 aliphatic rings. The molecule has 0 radical (unpaired) electrons. The van der Waals surface area contributed by atoms with Crippen LogP contribution in [0.5, 0.6) is 5.88 Å². The highest BCUT2D eigenvalue weighted by atomic mass is 35.5. The fraction of sp³-hybridized carbons (Fsp3) is 0.105. The van der Waals surface area contributed by atoms with Crippen molar-refractivity contribution >= 4 is 29.1 Å². The van der Waals surface area contributed by atoms with Crippen molar-refractivity contribution in [3.63, 3.8) is 0 Å². The molecule has 0 fully saturated rings. The number of nitrogens with one attached hydrogen (secondary N) is 2. The van der Waals surface area contributed by atoms with Crippen LogP contribution in [0.4, 0.5) is 0 Å². The molecule has 2 heterocycles. The zero-order valence-electron chi connectivity index (χ0n) is 13.3. The van der Waals surface area contributed by atoms with Gasteiger partial charge in [0.1, 0.15) is 5.92 Å². The number of hydrogen-bond acceptors (Lipinski definition) is 4. The molecular formula is C19H12Cl2N4O. The van der Waals surface area contributed by atoms with Gasteiger partial charge in [0, 0.05) is 5.92 Å². The number of nitrogens with zero attached hydrogens (tertiary/aromatic N) is 2. The summed E-state index contributed by atoms with van der Waals surface area (Å²) in [7, 11) is 0. The number of aromatic amines is 1. The van der Waals surface area contributed by atoms with Gasteiger partial charge in [-0.05, 0) is 17.2 Å². The Morgan fingerprint density at radius 2 is 1.88 bits per heavy atom. The van der Waals surface area contributed by atoms with E-state index in [1.165, 1.54) is 0 Å². The lowest BCUT2D eigenvalue weighted by Crippen LogP contribution is -2.31. The number of H-pyrrole nitrogens is 1. The molecule has 26 heavy (non-hydrogen) atoms. The van der Waals surface area contributed by atoms with E-state index in [1.54, 1.807) is 12.1 Å². The van der Waals surface area contributed by atoms with E-state index in [9.17, 15) is 5.26 Å². The second kappa shape index (κ2) is 6.49. The van der Waals surface area contributed by atoms with Gasteiger partial charge in [0.15, 0.2) is 0 Å². The number of hydrogen-bond donors (Lipinski definition) is 2. The summed E-state index contributed by atoms with van der Waals surface area (Å²) in [5.74, 6) is -1.23. The predicted octanol–water partition coefficient (Wildman–Crippen LogP) is 5.02. The monoisotopic (exact) mass is 382 g/mol. The minimum atomic E-state index is -0.835. The van der Waals surface area contributed by atoms with Crippen LogP contribution in [0, 0.1) is 22.7 Å². The molecule has 0 spiro atoms. The van der Waals surface area contributed by atoms with Crippen LogP contribution in [0.2, 0.25) is 10.0 Å². The SMILES string of the molecule is N#CC1C(=N)Oc2n[nH]c(-c3ccccc3)c2C1c1cccc(Cl)c1Cl. The summed E-state index contributed by atoms with van der Waals surface area (Å²) < 4.78 is 5.50. The molecule has 0 aliphatic carbocycles. The molecule has 0 amide bonds. The van der Waals surface area contributed by atoms with Crippen LogP contribution >= 0.6 is 23.2 Å². The van der Waals surface area contributed by atoms with E-state index < -0.39 is 11.8 Å². The molecule has 2 N–H and O–H groups in total. The molecule has 0 saturated carbocycles. The van der Waals surface area contributed by atoms with Crippen molar-refractivity contribution in [2.45, 2.75) is 5.92 Å². The number of nitriles is 1. The fourth-order valence-corrected chi connectivity index (χ4v) is 3.67. The maximum Gasteiger partial charge on any atom is 0.244 e. The summed E-state index contributed by atoms with van der Waals surface area (Å²) in [6.07, 6.45) is 0. The number of fused-ring (bicyclic) bond motifs is 1. The largest absolute Gasteiger partial charge is 0.422 e. The second-order valence-electron chi connectivity index (χ2n) is 5.88. The molecule has 4 rings (SSSR count). The van der Waals surface area contributed by atoms with E-state index in [4.69, 9.17) is 33.3 Å². The summed E-state index contributed by atoms with van der Waals surface area (Å²) in [6.45, 7) is 0. The molecule has 7 heteroatoms. The Bertz CT molecular complexity index is 1040. The Morgan fingerprint density at radius 3 is 2.62 bits per heavy atom. The Labute approximate surface area is 159 Å². The quantitative estimate of drug-likeness (QED) is 0.651. The zero-order valence-corrected chi connectivity index (χ0v) is 14.8. The normalized spacial score (nSPS) is 18.7. The lowest BCUT2D eigenvalue weighted by atomic mass is 9.79. The van der Waals surface area contributed by atoms with E-state index >= 15 is 0 Å². The molecule has 2 aromatic carbocycles. The van der Waals surface area contributed by atoms with Gasteiger partial charge in [0.2, 0.25) is 11.8 Å². The number of halogens is 2. The minimum Gasteiger partial charge on any atom is -0.422 e. The average Bonchev–Trinajstić information content (AvgIpc) is 3.07. The first-order chi connectivity index (χ1) is 12.6. The molecule has 1 aliphatic heterocycles. The van der Waals surface area contributed by atoms with Crippen LogP contribution in [-0.2, 0) is 0 Å². The number of ether oxygens (including phenoxy) is 1. The summed E-state index contributed by atoms with van der Waals surface area (Å²) in [5.41, 5.74) is 2.99. The smallest absolute Gasteiger partial charge is 0.244 e. The topological polar surface area (TPSA) is 85.6 Å². The molecule has 0 saturated heterocycles. The Hall–Kier alpha value is -2.81. The number of rotatable bonds is 2. The highest BCUT2D eigenvalue weighted by Crippen LogP contribution is 2.48. The number of aromatic nitrogens is 2. The first kappa shape index (κ1) is 16.6. The highest BCUT2D eigenvalue weighted by Gasteiger charge is 2.41. The van der Waals surface area contributed by atoms with E-state index in [0.29, 0.717) is 21.2 Å². The zero-order chi connectivity index (χ0) is 18.3. The molecule has 2 atom stereocenters. The van der Waals surface area contributed by atoms with Crippen LogP contribution < -0.4 is 4.74 Å². The fourth-order valence-electron chi connectivity index (χ4n) is 3.24. The third-order valence-electron chi connectivity index (χ3n) is 4.42. The summed E-state index contributed by atoms with van der Waals surface area (Å²) >= 11 is 12.6. The van der Waals surface area contributed by atoms with Crippen LogP contribution in [-0.4, -0.2) is 16.1 Å². The second-order valence-corrected chi connectivity index (χ2v) is 6.66. The lowest BCUT2D eigenvalue weighted by molar-refractivity contribution is 0.437. The van der Waals surface area contributed by atoms with Crippen molar-refractivity contribution < 1.29 is 4.74 Å². The lowest BCUT2D eigenvalue weighted by Gasteiger charge is -2.28. The van der Waals surface area contributed by atoms with Gasteiger partial charge in [0.05, 0.1) is 27.4 Å². The maximum absolute atomic E-state index is 9.70. The summed E-state index contributed by atoms with van der Waals surface area (Å²) in [5, 5.41) is 25.8. The third-order valence-corrected chi connectivity index (χ3v) is 5.25. The van der Waals surface area contributed by atoms with Crippen molar-refractivity contribution in [1.82, 2.24) is 10.2 Å². The van der Waals surface area contributed by atoms with Gasteiger partial charge in [0.25, 0.3) is 0 Å². The molecule has 1 aromatic heterocycles. The maximum atomic E-state index is 9.70. The predicted molar refractivity (Wildman–Crippen MR) is 99.8 cm³/mol. The van der Waals surface area contributed by atoms with Gasteiger partial charge in [-0.3, -0.25) is 10.5 Å². The Balaban J connectivity index is 1.99. The third kappa shape index (κ3) is 2.55. The van der Waals surface area contributed by atoms with Gasteiger partial charge in [-0.25, -0.2) is 0 Å². The van der Waals surface area contributed by atoms with Crippen molar-refractivity contribution in [2.24, 2.45) is 5.92 Å².